The molecule has 0 amide bonds. The number of hydrogen-bond donors (Lipinski definition) is 1. The second kappa shape index (κ2) is 4.26. The summed E-state index contributed by atoms with van der Waals surface area (Å²) in [5, 5.41) is 2.98. The fraction of sp³-hybridized carbons (Fsp3) is 0.462. The molecule has 1 heterocycles. The van der Waals surface area contributed by atoms with E-state index in [0.29, 0.717) is 0 Å². The number of hydrogen-bond acceptors (Lipinski definition) is 3. The fourth-order valence-electron chi connectivity index (χ4n) is 1.62. The van der Waals surface area contributed by atoms with Crippen molar-refractivity contribution < 1.29 is 9.53 Å². The van der Waals surface area contributed by atoms with Crippen molar-refractivity contribution in [2.75, 3.05) is 13.2 Å². The summed E-state index contributed by atoms with van der Waals surface area (Å²) >= 11 is 0. The van der Waals surface area contributed by atoms with Gasteiger partial charge in [-0.05, 0) is 43.5 Å². The van der Waals surface area contributed by atoms with E-state index in [4.69, 9.17) is 4.74 Å². The molecule has 1 N–H and O–H groups in total. The van der Waals surface area contributed by atoms with Crippen molar-refractivity contribution in [3.05, 3.63) is 28.8 Å². The van der Waals surface area contributed by atoms with Gasteiger partial charge in [0.1, 0.15) is 12.4 Å². The average molecular weight is 219 g/mol. The van der Waals surface area contributed by atoms with Gasteiger partial charge in [0.15, 0.2) is 5.78 Å². The third kappa shape index (κ3) is 2.25. The van der Waals surface area contributed by atoms with E-state index in [2.05, 4.69) is 19.2 Å². The largest absolute Gasteiger partial charge is 0.485 e. The Labute approximate surface area is 95.8 Å². The Balaban J connectivity index is 2.03. The van der Waals surface area contributed by atoms with Gasteiger partial charge in [0.05, 0.1) is 6.04 Å². The van der Waals surface area contributed by atoms with Gasteiger partial charge in [0.2, 0.25) is 0 Å². The molecule has 1 fully saturated rings. The molecule has 1 aromatic carbocycles. The Morgan fingerprint density at radius 1 is 1.38 bits per heavy atom. The second-order valence-corrected chi connectivity index (χ2v) is 4.35. The molecule has 16 heavy (non-hydrogen) atoms. The molecular weight excluding hydrogens is 202 g/mol. The minimum absolute atomic E-state index is 0.0341. The summed E-state index contributed by atoms with van der Waals surface area (Å²) in [6.45, 7) is 7.14. The number of nitrogens with one attached hydrogen (secondary N) is 1. The maximum absolute atomic E-state index is 11.5. The van der Waals surface area contributed by atoms with Crippen molar-refractivity contribution in [3.63, 3.8) is 0 Å². The zero-order chi connectivity index (χ0) is 11.7. The Hall–Kier alpha value is -1.35. The van der Waals surface area contributed by atoms with Gasteiger partial charge in [-0.1, -0.05) is 6.07 Å². The molecule has 86 valence electrons. The molecule has 1 aliphatic rings. The zero-order valence-corrected chi connectivity index (χ0v) is 9.96. The Kier molecular flexibility index (Phi) is 2.97. The zero-order valence-electron chi connectivity index (χ0n) is 9.96. The van der Waals surface area contributed by atoms with E-state index in [1.54, 1.807) is 0 Å². The lowest BCUT2D eigenvalue weighted by atomic mass is 10.0. The average Bonchev–Trinajstić information content (AvgIpc) is 3.08. The Morgan fingerprint density at radius 3 is 2.69 bits per heavy atom. The first-order chi connectivity index (χ1) is 7.59. The van der Waals surface area contributed by atoms with Crippen molar-refractivity contribution in [1.82, 2.24) is 5.32 Å². The Morgan fingerprint density at radius 2 is 2.06 bits per heavy atom. The van der Waals surface area contributed by atoms with E-state index in [9.17, 15) is 4.79 Å². The summed E-state index contributed by atoms with van der Waals surface area (Å²) in [7, 11) is 0. The molecule has 0 aliphatic carbocycles. The summed E-state index contributed by atoms with van der Waals surface area (Å²) in [4.78, 5) is 11.5. The molecule has 1 atom stereocenters. The number of carbonyl (C=O) groups is 1. The molecular formula is C13H17NO2. The first-order valence-electron chi connectivity index (χ1n) is 5.55. The van der Waals surface area contributed by atoms with Crippen LogP contribution in [0.25, 0.3) is 0 Å². The molecule has 1 saturated heterocycles. The van der Waals surface area contributed by atoms with Gasteiger partial charge in [-0.15, -0.1) is 0 Å². The lowest BCUT2D eigenvalue weighted by Gasteiger charge is -2.11. The summed E-state index contributed by atoms with van der Waals surface area (Å²) in [5.74, 6) is 0.953. The number of ketones is 1. The third-order valence-corrected chi connectivity index (χ3v) is 3.18. The quantitative estimate of drug-likeness (QED) is 0.781. The summed E-state index contributed by atoms with van der Waals surface area (Å²) < 4.78 is 5.55. The predicted octanol–water partition coefficient (Wildman–Crippen LogP) is 1.53. The molecule has 0 radical (unpaired) electrons. The van der Waals surface area contributed by atoms with Crippen LogP contribution in [0.1, 0.15) is 16.7 Å². The molecule has 0 bridgehead atoms. The van der Waals surface area contributed by atoms with Crippen LogP contribution in [-0.4, -0.2) is 25.0 Å². The molecule has 2 rings (SSSR count). The van der Waals surface area contributed by atoms with Gasteiger partial charge in [-0.25, -0.2) is 0 Å². The third-order valence-electron chi connectivity index (χ3n) is 3.18. The summed E-state index contributed by atoms with van der Waals surface area (Å²) in [5.41, 5.74) is 3.60. The van der Waals surface area contributed by atoms with Gasteiger partial charge in [0, 0.05) is 6.54 Å². The normalized spacial score (nSPS) is 18.3. The van der Waals surface area contributed by atoms with Crippen molar-refractivity contribution >= 4 is 5.78 Å². The molecule has 0 saturated carbocycles. The predicted molar refractivity (Wildman–Crippen MR) is 62.9 cm³/mol. The van der Waals surface area contributed by atoms with Crippen LogP contribution in [-0.2, 0) is 4.79 Å². The van der Waals surface area contributed by atoms with Crippen molar-refractivity contribution in [1.29, 1.82) is 0 Å². The monoisotopic (exact) mass is 219 g/mol. The molecule has 0 aromatic heterocycles. The minimum Gasteiger partial charge on any atom is -0.485 e. The van der Waals surface area contributed by atoms with Crippen LogP contribution in [0.5, 0.6) is 5.75 Å². The number of ether oxygens (including phenoxy) is 1. The molecule has 1 aromatic rings. The van der Waals surface area contributed by atoms with Crippen molar-refractivity contribution in [3.8, 4) is 5.75 Å². The van der Waals surface area contributed by atoms with Gasteiger partial charge in [-0.2, -0.15) is 0 Å². The van der Waals surface area contributed by atoms with E-state index in [0.717, 1.165) is 17.9 Å². The highest BCUT2D eigenvalue weighted by atomic mass is 16.5. The first-order valence-corrected chi connectivity index (χ1v) is 5.55. The molecule has 1 aliphatic heterocycles. The van der Waals surface area contributed by atoms with Crippen LogP contribution >= 0.6 is 0 Å². The van der Waals surface area contributed by atoms with E-state index in [1.165, 1.54) is 11.1 Å². The number of Topliss-reactive ketones (excluding diaryl/α,β-unsaturated/α-hetero) is 1. The van der Waals surface area contributed by atoms with Gasteiger partial charge >= 0.3 is 0 Å². The first kappa shape index (κ1) is 11.1. The van der Waals surface area contributed by atoms with E-state index >= 15 is 0 Å². The van der Waals surface area contributed by atoms with Crippen LogP contribution in [0.4, 0.5) is 0 Å². The highest BCUT2D eigenvalue weighted by Crippen LogP contribution is 2.23. The van der Waals surface area contributed by atoms with Gasteiger partial charge < -0.3 is 10.1 Å². The lowest BCUT2D eigenvalue weighted by molar-refractivity contribution is -0.120. The fourth-order valence-corrected chi connectivity index (χ4v) is 1.62. The van der Waals surface area contributed by atoms with Gasteiger partial charge in [-0.3, -0.25) is 4.79 Å². The lowest BCUT2D eigenvalue weighted by Crippen LogP contribution is -2.19. The highest BCUT2D eigenvalue weighted by molar-refractivity contribution is 5.88. The number of carbonyl (C=O) groups excluding carboxylic acids is 1. The van der Waals surface area contributed by atoms with Crippen LogP contribution in [0.15, 0.2) is 12.1 Å². The number of rotatable bonds is 4. The summed E-state index contributed by atoms with van der Waals surface area (Å²) in [6.07, 6.45) is 0. The van der Waals surface area contributed by atoms with Crippen molar-refractivity contribution in [2.24, 2.45) is 0 Å². The van der Waals surface area contributed by atoms with E-state index < -0.39 is 0 Å². The molecule has 3 nitrogen and oxygen atoms in total. The van der Waals surface area contributed by atoms with Crippen LogP contribution in [0, 0.1) is 20.8 Å². The van der Waals surface area contributed by atoms with Gasteiger partial charge in [0.25, 0.3) is 0 Å². The maximum atomic E-state index is 11.5. The number of aryl methyl sites for hydroxylation is 1. The number of benzene rings is 1. The van der Waals surface area contributed by atoms with Crippen molar-refractivity contribution in [2.45, 2.75) is 26.8 Å². The van der Waals surface area contributed by atoms with Crippen LogP contribution < -0.4 is 10.1 Å². The van der Waals surface area contributed by atoms with Crippen LogP contribution in [0.3, 0.4) is 0 Å². The Bertz CT molecular complexity index is 422. The van der Waals surface area contributed by atoms with E-state index in [-0.39, 0.29) is 18.4 Å². The topological polar surface area (TPSA) is 48.2 Å². The smallest absolute Gasteiger partial charge is 0.188 e. The van der Waals surface area contributed by atoms with Crippen LogP contribution in [0.2, 0.25) is 0 Å². The minimum atomic E-state index is 0.0341. The maximum Gasteiger partial charge on any atom is 0.188 e. The molecule has 3 heteroatoms. The second-order valence-electron chi connectivity index (χ2n) is 4.35. The SMILES string of the molecule is Cc1ccc(OCC(=O)C2CN2)c(C)c1C. The standard InChI is InChI=1S/C13H17NO2/c1-8-4-5-13(10(3)9(8)2)16-7-12(15)11-6-14-11/h4-5,11,14H,6-7H2,1-3H3. The highest BCUT2D eigenvalue weighted by Gasteiger charge is 2.28. The molecule has 1 unspecified atom stereocenters. The summed E-state index contributed by atoms with van der Waals surface area (Å²) in [6, 6.07) is 4.00. The van der Waals surface area contributed by atoms with E-state index in [1.807, 2.05) is 19.1 Å². The molecule has 0 spiro atoms.